The molecule has 2 rings (SSSR count). The summed E-state index contributed by atoms with van der Waals surface area (Å²) in [5.74, 6) is 0.507. The van der Waals surface area contributed by atoms with E-state index in [4.69, 9.17) is 15.2 Å². The number of carbonyl (C=O) groups excluding carboxylic acids is 1. The Balaban J connectivity index is 0.00000264. The number of carbonyl (C=O) groups is 1. The fraction of sp³-hybridized carbons (Fsp3) is 0.667. The first-order valence-corrected chi connectivity index (χ1v) is 7.65. The molecule has 1 atom stereocenters. The maximum absolute atomic E-state index is 12.6. The van der Waals surface area contributed by atoms with E-state index in [9.17, 15) is 4.79 Å². The van der Waals surface area contributed by atoms with E-state index in [0.29, 0.717) is 12.5 Å². The van der Waals surface area contributed by atoms with Crippen LogP contribution in [0, 0.1) is 5.92 Å². The number of methoxy groups -OCH3 is 2. The molecule has 1 saturated carbocycles. The van der Waals surface area contributed by atoms with Gasteiger partial charge in [0.1, 0.15) is 6.33 Å². The minimum Gasteiger partial charge on any atom is -0.480 e. The Labute approximate surface area is 142 Å². The van der Waals surface area contributed by atoms with Crippen molar-refractivity contribution < 1.29 is 14.3 Å². The molecule has 0 radical (unpaired) electrons. The average Bonchev–Trinajstić information content (AvgIpc) is 2.59. The number of halogens is 1. The molecule has 1 fully saturated rings. The highest BCUT2D eigenvalue weighted by molar-refractivity contribution is 5.98. The number of ether oxygens (including phenoxy) is 2. The van der Waals surface area contributed by atoms with E-state index in [1.807, 2.05) is 0 Å². The topological polar surface area (TPSA) is 99.4 Å². The summed E-state index contributed by atoms with van der Waals surface area (Å²) in [5.41, 5.74) is 6.07. The lowest BCUT2D eigenvalue weighted by Gasteiger charge is -2.30. The molecule has 0 spiro atoms. The summed E-state index contributed by atoms with van der Waals surface area (Å²) < 4.78 is 10.3. The van der Waals surface area contributed by atoms with Crippen molar-refractivity contribution in [2.24, 2.45) is 11.7 Å². The quantitative estimate of drug-likeness (QED) is 0.812. The second-order valence-electron chi connectivity index (χ2n) is 5.48. The molecule has 1 aliphatic rings. The number of hydrogen-bond donors (Lipinski definition) is 2. The van der Waals surface area contributed by atoms with Gasteiger partial charge in [0, 0.05) is 12.6 Å². The maximum Gasteiger partial charge on any atom is 0.262 e. The van der Waals surface area contributed by atoms with Crippen LogP contribution in [0.5, 0.6) is 11.8 Å². The molecule has 0 aliphatic heterocycles. The Morgan fingerprint density at radius 1 is 1.26 bits per heavy atom. The number of hydrogen-bond acceptors (Lipinski definition) is 6. The molecule has 0 saturated heterocycles. The third kappa shape index (κ3) is 4.68. The third-order valence-electron chi connectivity index (χ3n) is 4.18. The van der Waals surface area contributed by atoms with Gasteiger partial charge in [0.15, 0.2) is 5.56 Å². The Hall–Kier alpha value is -1.60. The maximum atomic E-state index is 12.6. The normalized spacial score (nSPS) is 16.1. The zero-order chi connectivity index (χ0) is 15.9. The van der Waals surface area contributed by atoms with Crippen molar-refractivity contribution >= 4 is 18.3 Å². The van der Waals surface area contributed by atoms with Crippen LogP contribution in [-0.2, 0) is 0 Å². The summed E-state index contributed by atoms with van der Waals surface area (Å²) in [5, 5.41) is 3.00. The highest BCUT2D eigenvalue weighted by Crippen LogP contribution is 2.28. The molecular formula is C15H25ClN4O3. The van der Waals surface area contributed by atoms with Gasteiger partial charge in [-0.15, -0.1) is 12.4 Å². The molecule has 1 aliphatic carbocycles. The van der Waals surface area contributed by atoms with Crippen LogP contribution in [-0.4, -0.2) is 42.7 Å². The summed E-state index contributed by atoms with van der Waals surface area (Å²) in [7, 11) is 2.92. The van der Waals surface area contributed by atoms with Crippen molar-refractivity contribution in [3.05, 3.63) is 11.9 Å². The first-order chi connectivity index (χ1) is 10.7. The molecule has 1 amide bonds. The van der Waals surface area contributed by atoms with E-state index in [-0.39, 0.29) is 41.7 Å². The highest BCUT2D eigenvalue weighted by atomic mass is 35.5. The Kier molecular flexibility index (Phi) is 8.05. The van der Waals surface area contributed by atoms with Gasteiger partial charge in [0.25, 0.3) is 5.91 Å². The zero-order valence-corrected chi connectivity index (χ0v) is 14.4. The number of nitrogens with zero attached hydrogens (tertiary/aromatic N) is 2. The van der Waals surface area contributed by atoms with Crippen molar-refractivity contribution in [3.8, 4) is 11.8 Å². The van der Waals surface area contributed by atoms with Gasteiger partial charge in [0.2, 0.25) is 11.8 Å². The van der Waals surface area contributed by atoms with Crippen LogP contribution in [0.25, 0.3) is 0 Å². The van der Waals surface area contributed by atoms with Crippen LogP contribution in [0.2, 0.25) is 0 Å². The summed E-state index contributed by atoms with van der Waals surface area (Å²) in [6, 6.07) is -0.0533. The molecule has 0 bridgehead atoms. The van der Waals surface area contributed by atoms with Crippen molar-refractivity contribution in [3.63, 3.8) is 0 Å². The lowest BCUT2D eigenvalue weighted by atomic mass is 9.84. The van der Waals surface area contributed by atoms with Crippen molar-refractivity contribution in [1.82, 2.24) is 15.3 Å². The van der Waals surface area contributed by atoms with Crippen LogP contribution < -0.4 is 20.5 Å². The molecule has 23 heavy (non-hydrogen) atoms. The smallest absolute Gasteiger partial charge is 0.262 e. The van der Waals surface area contributed by atoms with E-state index in [0.717, 1.165) is 12.8 Å². The zero-order valence-electron chi connectivity index (χ0n) is 13.6. The van der Waals surface area contributed by atoms with Gasteiger partial charge in [-0.3, -0.25) is 4.79 Å². The number of rotatable bonds is 6. The van der Waals surface area contributed by atoms with Gasteiger partial charge in [0.05, 0.1) is 14.2 Å². The molecule has 1 heterocycles. The summed E-state index contributed by atoms with van der Waals surface area (Å²) >= 11 is 0. The summed E-state index contributed by atoms with van der Waals surface area (Å²) in [6.07, 6.45) is 7.14. The minimum absolute atomic E-state index is 0. The first kappa shape index (κ1) is 19.4. The number of nitrogens with one attached hydrogen (secondary N) is 1. The van der Waals surface area contributed by atoms with Crippen LogP contribution in [0.3, 0.4) is 0 Å². The summed E-state index contributed by atoms with van der Waals surface area (Å²) in [6.45, 7) is 0.411. The molecular weight excluding hydrogens is 320 g/mol. The molecule has 1 aromatic heterocycles. The average molecular weight is 345 g/mol. The van der Waals surface area contributed by atoms with Crippen LogP contribution in [0.4, 0.5) is 0 Å². The van der Waals surface area contributed by atoms with Crippen LogP contribution in [0.1, 0.15) is 42.5 Å². The Morgan fingerprint density at radius 3 is 2.30 bits per heavy atom. The van der Waals surface area contributed by atoms with Gasteiger partial charge >= 0.3 is 0 Å². The van der Waals surface area contributed by atoms with E-state index in [1.54, 1.807) is 0 Å². The van der Waals surface area contributed by atoms with E-state index in [2.05, 4.69) is 15.3 Å². The third-order valence-corrected chi connectivity index (χ3v) is 4.18. The number of nitrogens with two attached hydrogens (primary N) is 1. The molecule has 130 valence electrons. The second kappa shape index (κ2) is 9.52. The SMILES string of the molecule is COc1ncnc(OC)c1C(=O)NC(CN)C1CCCCC1.Cl. The van der Waals surface area contributed by atoms with E-state index in [1.165, 1.54) is 39.8 Å². The standard InChI is InChI=1S/C15H24N4O3.ClH/c1-21-14-12(15(22-2)18-9-17-14)13(20)19-11(8-16)10-6-4-3-5-7-10;/h9-11H,3-8,16H2,1-2H3,(H,19,20);1H. The Morgan fingerprint density at radius 2 is 1.83 bits per heavy atom. The Bertz CT molecular complexity index is 487. The monoisotopic (exact) mass is 344 g/mol. The minimum atomic E-state index is -0.310. The fourth-order valence-corrected chi connectivity index (χ4v) is 3.00. The highest BCUT2D eigenvalue weighted by Gasteiger charge is 2.27. The van der Waals surface area contributed by atoms with Crippen LogP contribution in [0.15, 0.2) is 6.33 Å². The molecule has 3 N–H and O–H groups in total. The van der Waals surface area contributed by atoms with Crippen LogP contribution >= 0.6 is 12.4 Å². The second-order valence-corrected chi connectivity index (χ2v) is 5.48. The van der Waals surface area contributed by atoms with Gasteiger partial charge in [-0.2, -0.15) is 0 Å². The van der Waals surface area contributed by atoms with Gasteiger partial charge in [-0.25, -0.2) is 9.97 Å². The fourth-order valence-electron chi connectivity index (χ4n) is 3.00. The van der Waals surface area contributed by atoms with Gasteiger partial charge < -0.3 is 20.5 Å². The number of aromatic nitrogens is 2. The molecule has 1 unspecified atom stereocenters. The van der Waals surface area contributed by atoms with Crippen molar-refractivity contribution in [2.45, 2.75) is 38.1 Å². The van der Waals surface area contributed by atoms with Gasteiger partial charge in [-0.1, -0.05) is 19.3 Å². The first-order valence-electron chi connectivity index (χ1n) is 7.65. The molecule has 1 aromatic rings. The van der Waals surface area contributed by atoms with E-state index >= 15 is 0 Å². The molecule has 8 heteroatoms. The predicted octanol–water partition coefficient (Wildman–Crippen LogP) is 1.55. The predicted molar refractivity (Wildman–Crippen MR) is 89.3 cm³/mol. The lowest BCUT2D eigenvalue weighted by Crippen LogP contribution is -2.46. The lowest BCUT2D eigenvalue weighted by molar-refractivity contribution is 0.0907. The molecule has 0 aromatic carbocycles. The van der Waals surface area contributed by atoms with E-state index < -0.39 is 0 Å². The van der Waals surface area contributed by atoms with Crippen molar-refractivity contribution in [1.29, 1.82) is 0 Å². The van der Waals surface area contributed by atoms with Crippen molar-refractivity contribution in [2.75, 3.05) is 20.8 Å². The number of amides is 1. The largest absolute Gasteiger partial charge is 0.480 e. The summed E-state index contributed by atoms with van der Waals surface area (Å²) in [4.78, 5) is 20.5. The molecule has 7 nitrogen and oxygen atoms in total. The van der Waals surface area contributed by atoms with Gasteiger partial charge in [-0.05, 0) is 18.8 Å².